The Morgan fingerprint density at radius 3 is 1.28 bits per heavy atom. The van der Waals surface area contributed by atoms with Crippen molar-refractivity contribution in [2.24, 2.45) is 0 Å². The topological polar surface area (TPSA) is 102 Å². The zero-order valence-electron chi connectivity index (χ0n) is 38.0. The van der Waals surface area contributed by atoms with Crippen LogP contribution < -0.4 is 5.11 Å². The summed E-state index contributed by atoms with van der Waals surface area (Å²) in [4.78, 5) is 36.9. The van der Waals surface area contributed by atoms with Gasteiger partial charge in [0.25, 0.3) is 0 Å². The second kappa shape index (κ2) is 40.6. The summed E-state index contributed by atoms with van der Waals surface area (Å²) >= 11 is 0. The van der Waals surface area contributed by atoms with Crippen molar-refractivity contribution in [2.75, 3.05) is 41.0 Å². The van der Waals surface area contributed by atoms with Gasteiger partial charge in [0.05, 0.1) is 40.3 Å². The third-order valence-electron chi connectivity index (χ3n) is 10.8. The highest BCUT2D eigenvalue weighted by molar-refractivity contribution is 5.70. The summed E-state index contributed by atoms with van der Waals surface area (Å²) in [5, 5.41) is 11.6. The van der Waals surface area contributed by atoms with Crippen molar-refractivity contribution >= 4 is 17.9 Å². The van der Waals surface area contributed by atoms with Gasteiger partial charge >= 0.3 is 11.9 Å². The average molecular weight is 806 g/mol. The molecule has 0 aromatic heterocycles. The van der Waals surface area contributed by atoms with E-state index in [1.165, 1.54) is 135 Å². The number of quaternary nitrogens is 1. The molecule has 0 amide bonds. The molecule has 0 radical (unpaired) electrons. The molecule has 0 saturated carbocycles. The van der Waals surface area contributed by atoms with E-state index < -0.39 is 18.1 Å². The van der Waals surface area contributed by atoms with Crippen LogP contribution in [0.15, 0.2) is 24.3 Å². The van der Waals surface area contributed by atoms with Gasteiger partial charge in [-0.05, 0) is 64.2 Å². The fourth-order valence-electron chi connectivity index (χ4n) is 7.06. The molecule has 0 N–H and O–H groups in total. The van der Waals surface area contributed by atoms with E-state index in [1.54, 1.807) is 21.1 Å². The van der Waals surface area contributed by atoms with Gasteiger partial charge in [-0.15, -0.1) is 0 Å². The largest absolute Gasteiger partial charge is 0.544 e. The predicted molar refractivity (Wildman–Crippen MR) is 236 cm³/mol. The van der Waals surface area contributed by atoms with Crippen LogP contribution in [0, 0.1) is 0 Å². The molecule has 334 valence electrons. The van der Waals surface area contributed by atoms with Crippen molar-refractivity contribution in [3.05, 3.63) is 24.3 Å². The lowest BCUT2D eigenvalue weighted by Crippen LogP contribution is -2.55. The Balaban J connectivity index is 4.28. The number of carbonyl (C=O) groups is 3. The van der Waals surface area contributed by atoms with Gasteiger partial charge in [-0.25, -0.2) is 0 Å². The molecule has 0 saturated heterocycles. The first-order valence-electron chi connectivity index (χ1n) is 23.9. The lowest BCUT2D eigenvalue weighted by atomic mass is 10.1. The smallest absolute Gasteiger partial charge is 0.306 e. The summed E-state index contributed by atoms with van der Waals surface area (Å²) in [6, 6.07) is -0.727. The first-order chi connectivity index (χ1) is 27.6. The lowest BCUT2D eigenvalue weighted by molar-refractivity contribution is -0.889. The number of carbonyl (C=O) groups excluding carboxylic acids is 3. The summed E-state index contributed by atoms with van der Waals surface area (Å²) < 4.78 is 17.2. The van der Waals surface area contributed by atoms with Crippen molar-refractivity contribution < 1.29 is 38.2 Å². The molecule has 2 atom stereocenters. The standard InChI is InChI=1S/C49H91NO7/c1-6-8-10-12-14-16-18-20-22-23-24-25-26-28-29-31-33-35-37-39-47(51)56-44-45(43-55-42-41-46(49(53)54)50(3,4)5)57-48(52)40-38-36-34-32-30-27-21-19-17-15-13-11-9-7-2/h23-24,27,30,45-46H,6-22,25-26,28-29,31-44H2,1-5H3/b24-23+,30-27+. The predicted octanol–water partition coefficient (Wildman–Crippen LogP) is 11.9. The molecule has 0 spiro atoms. The molecule has 8 nitrogen and oxygen atoms in total. The average Bonchev–Trinajstić information content (AvgIpc) is 3.17. The molecule has 0 aromatic carbocycles. The van der Waals surface area contributed by atoms with Crippen LogP contribution in [0.1, 0.15) is 219 Å². The van der Waals surface area contributed by atoms with E-state index in [1.807, 2.05) is 0 Å². The molecule has 0 rings (SSSR count). The number of hydrogen-bond acceptors (Lipinski definition) is 7. The minimum absolute atomic E-state index is 0.0362. The highest BCUT2D eigenvalue weighted by Crippen LogP contribution is 2.14. The van der Waals surface area contributed by atoms with Crippen LogP contribution in [0.3, 0.4) is 0 Å². The number of hydrogen-bond donors (Lipinski definition) is 0. The van der Waals surface area contributed by atoms with Crippen LogP contribution >= 0.6 is 0 Å². The van der Waals surface area contributed by atoms with E-state index in [2.05, 4.69) is 38.2 Å². The maximum Gasteiger partial charge on any atom is 0.306 e. The first kappa shape index (κ1) is 54.8. The van der Waals surface area contributed by atoms with Gasteiger partial charge in [-0.2, -0.15) is 0 Å². The Hall–Kier alpha value is -2.19. The van der Waals surface area contributed by atoms with Crippen LogP contribution in [0.25, 0.3) is 0 Å². The van der Waals surface area contributed by atoms with Gasteiger partial charge in [-0.3, -0.25) is 9.59 Å². The maximum absolute atomic E-state index is 12.7. The number of esters is 2. The monoisotopic (exact) mass is 806 g/mol. The van der Waals surface area contributed by atoms with Crippen molar-refractivity contribution in [1.82, 2.24) is 0 Å². The molecule has 57 heavy (non-hydrogen) atoms. The number of ether oxygens (including phenoxy) is 3. The molecule has 0 aliphatic rings. The van der Waals surface area contributed by atoms with Gasteiger partial charge in [0.15, 0.2) is 6.10 Å². The van der Waals surface area contributed by atoms with Crippen LogP contribution in [0.5, 0.6) is 0 Å². The van der Waals surface area contributed by atoms with Crippen molar-refractivity contribution in [1.29, 1.82) is 0 Å². The zero-order valence-corrected chi connectivity index (χ0v) is 38.0. The highest BCUT2D eigenvalue weighted by Gasteiger charge is 2.25. The molecular weight excluding hydrogens is 715 g/mol. The van der Waals surface area contributed by atoms with E-state index in [0.717, 1.165) is 51.4 Å². The summed E-state index contributed by atoms with van der Waals surface area (Å²) in [6.07, 6.45) is 44.9. The number of allylic oxidation sites excluding steroid dienone is 4. The molecular formula is C49H91NO7. The second-order valence-corrected chi connectivity index (χ2v) is 17.3. The fourth-order valence-corrected chi connectivity index (χ4v) is 7.06. The molecule has 0 aromatic rings. The van der Waals surface area contributed by atoms with Crippen LogP contribution in [-0.2, 0) is 28.6 Å². The number of nitrogens with zero attached hydrogens (tertiary/aromatic N) is 1. The van der Waals surface area contributed by atoms with E-state index in [0.29, 0.717) is 12.8 Å². The van der Waals surface area contributed by atoms with E-state index >= 15 is 0 Å². The van der Waals surface area contributed by atoms with Gasteiger partial charge in [0.2, 0.25) is 0 Å². The molecule has 0 heterocycles. The summed E-state index contributed by atoms with van der Waals surface area (Å²) in [5.41, 5.74) is 0. The molecule has 0 fully saturated rings. The van der Waals surface area contributed by atoms with Gasteiger partial charge < -0.3 is 28.6 Å². The third-order valence-corrected chi connectivity index (χ3v) is 10.8. The number of carboxylic acids is 1. The van der Waals surface area contributed by atoms with Crippen molar-refractivity contribution in [3.63, 3.8) is 0 Å². The Morgan fingerprint density at radius 2 is 0.877 bits per heavy atom. The SMILES string of the molecule is CCCCCCCCC/C=C/CCCCCC(=O)OC(COCCC(C(=O)[O-])[N+](C)(C)C)COC(=O)CCCCCCCCC/C=C/CCCCCCCCCC. The summed E-state index contributed by atoms with van der Waals surface area (Å²) in [5.74, 6) is -1.75. The maximum atomic E-state index is 12.7. The minimum atomic E-state index is -1.13. The highest BCUT2D eigenvalue weighted by atomic mass is 16.6. The van der Waals surface area contributed by atoms with Crippen LogP contribution in [-0.4, -0.2) is 75.5 Å². The molecule has 0 aliphatic heterocycles. The van der Waals surface area contributed by atoms with Crippen LogP contribution in [0.2, 0.25) is 0 Å². The number of rotatable bonds is 43. The fraction of sp³-hybridized carbons (Fsp3) is 0.857. The molecule has 0 aliphatic carbocycles. The second-order valence-electron chi connectivity index (χ2n) is 17.3. The van der Waals surface area contributed by atoms with Crippen molar-refractivity contribution in [3.8, 4) is 0 Å². The Bertz CT molecular complexity index is 989. The van der Waals surface area contributed by atoms with Gasteiger partial charge in [0, 0.05) is 19.3 Å². The Labute approximate surface area is 351 Å². The van der Waals surface area contributed by atoms with E-state index in [4.69, 9.17) is 14.2 Å². The molecule has 8 heteroatoms. The lowest BCUT2D eigenvalue weighted by Gasteiger charge is -2.34. The first-order valence-corrected chi connectivity index (χ1v) is 23.9. The zero-order chi connectivity index (χ0) is 42.1. The summed E-state index contributed by atoms with van der Waals surface area (Å²) in [7, 11) is 5.41. The van der Waals surface area contributed by atoms with Crippen LogP contribution in [0.4, 0.5) is 0 Å². The normalized spacial score (nSPS) is 13.1. The minimum Gasteiger partial charge on any atom is -0.544 e. The quantitative estimate of drug-likeness (QED) is 0.0262. The van der Waals surface area contributed by atoms with E-state index in [9.17, 15) is 19.5 Å². The third kappa shape index (κ3) is 39.1. The number of carboxylic acid groups (broad SMARTS) is 1. The van der Waals surface area contributed by atoms with Gasteiger partial charge in [-0.1, -0.05) is 160 Å². The number of unbranched alkanes of at least 4 members (excludes halogenated alkanes) is 25. The van der Waals surface area contributed by atoms with Gasteiger partial charge in [0.1, 0.15) is 12.6 Å². The van der Waals surface area contributed by atoms with Crippen molar-refractivity contribution in [2.45, 2.75) is 231 Å². The summed E-state index contributed by atoms with van der Waals surface area (Å²) in [6.45, 7) is 4.66. The number of aliphatic carboxylic acids is 1. The Kier molecular flexibility index (Phi) is 39.0. The molecule has 0 bridgehead atoms. The van der Waals surface area contributed by atoms with E-state index in [-0.39, 0.29) is 42.7 Å². The Morgan fingerprint density at radius 1 is 0.509 bits per heavy atom. The number of likely N-dealkylation sites (N-methyl/N-ethyl adjacent to an activating group) is 1. The molecule has 2 unspecified atom stereocenters.